The number of amides is 2. The van der Waals surface area contributed by atoms with Crippen LogP contribution in [0, 0.1) is 11.2 Å². The number of nitrogens with zero attached hydrogens (tertiary/aromatic N) is 3. The lowest BCUT2D eigenvalue weighted by molar-refractivity contribution is -0.123. The van der Waals surface area contributed by atoms with Gasteiger partial charge in [-0.15, -0.1) is 0 Å². The summed E-state index contributed by atoms with van der Waals surface area (Å²) in [5.74, 6) is -0.869. The normalized spacial score (nSPS) is 11.1. The van der Waals surface area contributed by atoms with Gasteiger partial charge < -0.3 is 42.6 Å². The van der Waals surface area contributed by atoms with Crippen molar-refractivity contribution in [1.82, 2.24) is 30.3 Å². The highest BCUT2D eigenvalue weighted by atomic mass is 35.5. The highest BCUT2D eigenvalue weighted by molar-refractivity contribution is 6.33. The Morgan fingerprint density at radius 2 is 1.90 bits per heavy atom. The number of halogens is 2. The molecule has 15 nitrogen and oxygen atoms in total. The molecule has 0 aliphatic rings. The Labute approximate surface area is 280 Å². The molecule has 48 heavy (non-hydrogen) atoms. The van der Waals surface area contributed by atoms with Gasteiger partial charge in [-0.25, -0.2) is 14.4 Å². The summed E-state index contributed by atoms with van der Waals surface area (Å²) in [6.07, 6.45) is 6.50. The van der Waals surface area contributed by atoms with Gasteiger partial charge in [-0.1, -0.05) is 18.5 Å². The van der Waals surface area contributed by atoms with Crippen molar-refractivity contribution in [2.45, 2.75) is 32.2 Å². The zero-order valence-corrected chi connectivity index (χ0v) is 27.1. The average Bonchev–Trinajstić information content (AvgIpc) is 3.51. The van der Waals surface area contributed by atoms with Gasteiger partial charge in [-0.05, 0) is 55.2 Å². The Hall–Kier alpha value is -5.48. The van der Waals surface area contributed by atoms with Crippen LogP contribution >= 0.6 is 11.6 Å². The van der Waals surface area contributed by atoms with E-state index in [1.165, 1.54) is 13.2 Å². The first kappa shape index (κ1) is 37.0. The number of aromatic nitrogens is 3. The van der Waals surface area contributed by atoms with Crippen molar-refractivity contribution in [3.8, 4) is 17.0 Å². The van der Waals surface area contributed by atoms with E-state index in [1.807, 2.05) is 13.0 Å². The van der Waals surface area contributed by atoms with Crippen molar-refractivity contribution in [2.75, 3.05) is 32.1 Å². The molecule has 0 unspecified atom stereocenters. The number of methoxy groups -OCH3 is 1. The maximum absolute atomic E-state index is 14.6. The highest BCUT2D eigenvalue weighted by Gasteiger charge is 2.19. The zero-order valence-electron chi connectivity index (χ0n) is 26.3. The highest BCUT2D eigenvalue weighted by Crippen LogP contribution is 2.35. The average molecular weight is 685 g/mol. The number of nitrogens with one attached hydrogen (secondary N) is 5. The van der Waals surface area contributed by atoms with Crippen LogP contribution in [0.1, 0.15) is 35.7 Å². The fourth-order valence-electron chi connectivity index (χ4n) is 4.68. The number of ether oxygens (including phenoxy) is 1. The molecular formula is C31H38ClFN10O5. The van der Waals surface area contributed by atoms with Gasteiger partial charge >= 0.3 is 0 Å². The minimum atomic E-state index is -0.696. The molecule has 0 aliphatic carbocycles. The predicted octanol–water partition coefficient (Wildman–Crippen LogP) is 2.64. The van der Waals surface area contributed by atoms with Crippen LogP contribution in [0.15, 0.2) is 48.9 Å². The smallest absolute Gasteiger partial charge is 0.290 e. The van der Waals surface area contributed by atoms with Gasteiger partial charge in [0.05, 0.1) is 30.1 Å². The quantitative estimate of drug-likeness (QED) is 0.0416. The Morgan fingerprint density at radius 3 is 2.58 bits per heavy atom. The van der Waals surface area contributed by atoms with Crippen LogP contribution in [0.5, 0.6) is 5.75 Å². The Morgan fingerprint density at radius 1 is 1.17 bits per heavy atom. The second kappa shape index (κ2) is 18.0. The number of carboxylic acid groups (broad SMARTS) is 1. The van der Waals surface area contributed by atoms with E-state index in [9.17, 15) is 14.0 Å². The van der Waals surface area contributed by atoms with E-state index in [4.69, 9.17) is 43.1 Å². The van der Waals surface area contributed by atoms with Gasteiger partial charge in [0.1, 0.15) is 0 Å². The minimum absolute atomic E-state index is 0.0461. The number of hydrogen-bond donors (Lipinski definition) is 8. The largest absolute Gasteiger partial charge is 0.494 e. The van der Waals surface area contributed by atoms with Gasteiger partial charge in [-0.3, -0.25) is 24.2 Å². The summed E-state index contributed by atoms with van der Waals surface area (Å²) in [5.41, 5.74) is 14.7. The third kappa shape index (κ3) is 9.52. The first-order chi connectivity index (χ1) is 23.1. The summed E-state index contributed by atoms with van der Waals surface area (Å²) in [5, 5.41) is 25.4. The molecule has 2 aromatic heterocycles. The molecular weight excluding hydrogens is 647 g/mol. The first-order valence-electron chi connectivity index (χ1n) is 14.8. The number of imidazole rings is 1. The summed E-state index contributed by atoms with van der Waals surface area (Å²) in [6, 6.07) is 7.82. The molecule has 4 aromatic rings. The molecule has 10 N–H and O–H groups in total. The lowest BCUT2D eigenvalue weighted by Crippen LogP contribution is -2.44. The molecule has 4 rings (SSSR count). The Kier molecular flexibility index (Phi) is 13.9. The number of fused-ring (bicyclic) bond motifs is 1. The Balaban J connectivity index is 0.00000201. The topological polar surface area (TPSA) is 235 Å². The van der Waals surface area contributed by atoms with Gasteiger partial charge in [-0.2, -0.15) is 0 Å². The summed E-state index contributed by atoms with van der Waals surface area (Å²) in [4.78, 5) is 42.4. The maximum atomic E-state index is 14.6. The van der Waals surface area contributed by atoms with Crippen LogP contribution in [-0.2, 0) is 16.0 Å². The predicted molar refractivity (Wildman–Crippen MR) is 180 cm³/mol. The van der Waals surface area contributed by atoms with E-state index in [-0.39, 0.29) is 48.1 Å². The lowest BCUT2D eigenvalue weighted by atomic mass is 10.0. The van der Waals surface area contributed by atoms with Crippen LogP contribution < -0.4 is 37.5 Å². The molecule has 2 aromatic carbocycles. The third-order valence-corrected chi connectivity index (χ3v) is 7.39. The number of benzene rings is 2. The summed E-state index contributed by atoms with van der Waals surface area (Å²) in [7, 11) is 1.37. The molecule has 17 heteroatoms. The van der Waals surface area contributed by atoms with Crippen LogP contribution in [0.25, 0.3) is 16.9 Å². The number of aryl methyl sites for hydroxylation is 1. The second-order valence-corrected chi connectivity index (χ2v) is 10.5. The summed E-state index contributed by atoms with van der Waals surface area (Å²) in [6.45, 7) is 2.60. The van der Waals surface area contributed by atoms with Crippen molar-refractivity contribution in [3.05, 3.63) is 70.9 Å². The molecule has 2 heterocycles. The van der Waals surface area contributed by atoms with Crippen molar-refractivity contribution < 1.29 is 28.6 Å². The molecule has 256 valence electrons. The molecule has 0 saturated heterocycles. The van der Waals surface area contributed by atoms with E-state index in [0.717, 1.165) is 5.56 Å². The van der Waals surface area contributed by atoms with Gasteiger partial charge in [0.2, 0.25) is 5.91 Å². The van der Waals surface area contributed by atoms with E-state index >= 15 is 0 Å². The van der Waals surface area contributed by atoms with Crippen LogP contribution in [-0.4, -0.2) is 76.5 Å². The molecule has 2 amide bonds. The van der Waals surface area contributed by atoms with E-state index < -0.39 is 11.9 Å². The number of guanidine groups is 1. The molecule has 0 saturated carbocycles. The van der Waals surface area contributed by atoms with Crippen LogP contribution in [0.3, 0.4) is 0 Å². The van der Waals surface area contributed by atoms with Crippen molar-refractivity contribution in [3.63, 3.8) is 0 Å². The Bertz CT molecular complexity index is 1750. The van der Waals surface area contributed by atoms with Crippen molar-refractivity contribution >= 4 is 53.0 Å². The molecule has 0 radical (unpaired) electrons. The first-order valence-corrected chi connectivity index (χ1v) is 15.2. The van der Waals surface area contributed by atoms with Crippen LogP contribution in [0.4, 0.5) is 15.9 Å². The van der Waals surface area contributed by atoms with Gasteiger partial charge in [0.15, 0.2) is 29.0 Å². The SMILES string of the molecule is CCc1cc(Nc2nccn3c(-c4ccc(OC)c(F)c4Cl)cnc23)ccc1C(=O)NCCNC(=O)[C@@H](N)CCCNC(=N)N.O=CO. The molecule has 0 aliphatic heterocycles. The van der Waals surface area contributed by atoms with Crippen LogP contribution in [0.2, 0.25) is 5.02 Å². The molecule has 0 fully saturated rings. The number of hydrogen-bond acceptors (Lipinski definition) is 9. The van der Waals surface area contributed by atoms with Crippen molar-refractivity contribution in [2.24, 2.45) is 11.5 Å². The van der Waals surface area contributed by atoms with Gasteiger partial charge in [0, 0.05) is 48.8 Å². The summed E-state index contributed by atoms with van der Waals surface area (Å²) >= 11 is 6.31. The van der Waals surface area contributed by atoms with Gasteiger partial charge in [0.25, 0.3) is 12.4 Å². The van der Waals surface area contributed by atoms with E-state index in [1.54, 1.807) is 41.2 Å². The van der Waals surface area contributed by atoms with E-state index in [0.29, 0.717) is 59.8 Å². The standard InChI is InChI=1S/C30H36ClFN10O3.CH2O2/c1-3-17-15-18(6-7-19(17)28(43)37-11-12-38-29(44)21(33)5-4-10-39-30(34)35)41-26-27-40-16-22(42(27)14-13-36-26)20-8-9-23(45-2)25(32)24(20)31;2-1-3/h6-9,13-16,21H,3-5,10-12,33H2,1-2H3,(H,36,41)(H,37,43)(H,38,44)(H4,34,35,39);1H,(H,2,3)/t21-;/m0./s1. The molecule has 0 spiro atoms. The number of carbonyl (C=O) groups is 3. The fraction of sp³-hybridized carbons (Fsp3) is 0.290. The zero-order chi connectivity index (χ0) is 35.2. The number of anilines is 2. The second-order valence-electron chi connectivity index (χ2n) is 10.1. The summed E-state index contributed by atoms with van der Waals surface area (Å²) < 4.78 is 21.4. The number of nitrogens with two attached hydrogens (primary N) is 2. The fourth-order valence-corrected chi connectivity index (χ4v) is 4.93. The number of carbonyl (C=O) groups excluding carboxylic acids is 2. The van der Waals surface area contributed by atoms with Crippen molar-refractivity contribution in [1.29, 1.82) is 5.41 Å². The maximum Gasteiger partial charge on any atom is 0.290 e. The third-order valence-electron chi connectivity index (χ3n) is 7.02. The lowest BCUT2D eigenvalue weighted by Gasteiger charge is -2.14. The number of rotatable bonds is 14. The molecule has 1 atom stereocenters. The monoisotopic (exact) mass is 684 g/mol. The molecule has 0 bridgehead atoms. The van der Waals surface area contributed by atoms with E-state index in [2.05, 4.69) is 31.2 Å². The minimum Gasteiger partial charge on any atom is -0.494 e.